The van der Waals surface area contributed by atoms with E-state index in [4.69, 9.17) is 4.42 Å². The van der Waals surface area contributed by atoms with E-state index < -0.39 is 0 Å². The Morgan fingerprint density at radius 3 is 2.46 bits per heavy atom. The molecule has 0 aliphatic rings. The Hall–Kier alpha value is -0.790. The summed E-state index contributed by atoms with van der Waals surface area (Å²) in [4.78, 5) is 4.22. The highest BCUT2D eigenvalue weighted by molar-refractivity contribution is 5.09. The fourth-order valence-corrected chi connectivity index (χ4v) is 1.06. The van der Waals surface area contributed by atoms with Crippen LogP contribution in [0.15, 0.2) is 10.6 Å². The first-order valence-electron chi connectivity index (χ1n) is 4.93. The van der Waals surface area contributed by atoms with E-state index in [9.17, 15) is 0 Å². The van der Waals surface area contributed by atoms with Crippen molar-refractivity contribution in [2.24, 2.45) is 5.92 Å². The lowest BCUT2D eigenvalue weighted by Crippen LogP contribution is -2.23. The molecule has 0 amide bonds. The molecule has 0 saturated carbocycles. The molecule has 0 fully saturated rings. The number of hydrogen-bond acceptors (Lipinski definition) is 2. The molecule has 0 spiro atoms. The zero-order valence-electron chi connectivity index (χ0n) is 9.22. The third-order valence-corrected chi connectivity index (χ3v) is 2.93. The van der Waals surface area contributed by atoms with E-state index in [0.29, 0.717) is 5.92 Å². The van der Waals surface area contributed by atoms with Crippen molar-refractivity contribution in [1.82, 2.24) is 4.98 Å². The molecular formula is C11H19NO. The molecule has 1 aromatic heterocycles. The molecule has 1 rings (SSSR count). The fourth-order valence-electron chi connectivity index (χ4n) is 1.06. The van der Waals surface area contributed by atoms with Crippen molar-refractivity contribution in [3.05, 3.63) is 17.8 Å². The molecule has 13 heavy (non-hydrogen) atoms. The number of rotatable bonds is 3. The molecule has 1 heterocycles. The number of nitrogens with zero attached hydrogens (tertiary/aromatic N) is 1. The van der Waals surface area contributed by atoms with E-state index in [-0.39, 0.29) is 5.41 Å². The van der Waals surface area contributed by atoms with Crippen molar-refractivity contribution in [3.63, 3.8) is 0 Å². The van der Waals surface area contributed by atoms with Gasteiger partial charge in [0.1, 0.15) is 5.76 Å². The highest BCUT2D eigenvalue weighted by atomic mass is 16.4. The topological polar surface area (TPSA) is 26.0 Å². The number of hydrogen-bond donors (Lipinski definition) is 0. The fraction of sp³-hybridized carbons (Fsp3) is 0.727. The molecule has 0 bridgehead atoms. The van der Waals surface area contributed by atoms with Crippen molar-refractivity contribution in [2.45, 2.75) is 46.5 Å². The summed E-state index contributed by atoms with van der Waals surface area (Å²) in [5, 5.41) is 0. The van der Waals surface area contributed by atoms with Crippen molar-refractivity contribution >= 4 is 0 Å². The molecule has 74 valence electrons. The average Bonchev–Trinajstić information content (AvgIpc) is 2.51. The van der Waals surface area contributed by atoms with E-state index in [2.05, 4.69) is 39.6 Å². The van der Waals surface area contributed by atoms with Crippen LogP contribution in [0.3, 0.4) is 0 Å². The number of aromatic nitrogens is 1. The van der Waals surface area contributed by atoms with Gasteiger partial charge in [0, 0.05) is 11.8 Å². The van der Waals surface area contributed by atoms with Crippen LogP contribution >= 0.6 is 0 Å². The molecule has 2 heteroatoms. The summed E-state index contributed by atoms with van der Waals surface area (Å²) in [5.41, 5.74) is 0.0837. The van der Waals surface area contributed by atoms with Crippen LogP contribution in [0, 0.1) is 5.92 Å². The molecule has 0 unspecified atom stereocenters. The summed E-state index contributed by atoms with van der Waals surface area (Å²) in [6.45, 7) is 10.8. The summed E-state index contributed by atoms with van der Waals surface area (Å²) in [5.74, 6) is 2.40. The van der Waals surface area contributed by atoms with Gasteiger partial charge < -0.3 is 4.42 Å². The second-order valence-corrected chi connectivity index (χ2v) is 4.35. The van der Waals surface area contributed by atoms with Crippen LogP contribution in [0.25, 0.3) is 0 Å². The first kappa shape index (κ1) is 10.3. The molecule has 0 atom stereocenters. The molecule has 0 N–H and O–H groups in total. The lowest BCUT2D eigenvalue weighted by molar-refractivity contribution is 0.291. The van der Waals surface area contributed by atoms with Gasteiger partial charge >= 0.3 is 0 Å². The highest BCUT2D eigenvalue weighted by Gasteiger charge is 2.28. The molecule has 0 aromatic carbocycles. The highest BCUT2D eigenvalue weighted by Crippen LogP contribution is 2.31. The summed E-state index contributed by atoms with van der Waals surface area (Å²) in [6, 6.07) is 0. The monoisotopic (exact) mass is 181 g/mol. The lowest BCUT2D eigenvalue weighted by Gasteiger charge is -2.25. The standard InChI is InChI=1S/C11H19NO/c1-6-10-12-7-9(13-10)11(4,5)8(2)3/h7-8H,6H2,1-5H3. The van der Waals surface area contributed by atoms with Gasteiger partial charge in [0.05, 0.1) is 6.20 Å². The van der Waals surface area contributed by atoms with Crippen molar-refractivity contribution < 1.29 is 4.42 Å². The van der Waals surface area contributed by atoms with Gasteiger partial charge in [-0.1, -0.05) is 34.6 Å². The Kier molecular flexibility index (Phi) is 2.79. The number of aryl methyl sites for hydroxylation is 1. The van der Waals surface area contributed by atoms with Gasteiger partial charge in [-0.15, -0.1) is 0 Å². The summed E-state index contributed by atoms with van der Waals surface area (Å²) >= 11 is 0. The Labute approximate surface area is 80.4 Å². The van der Waals surface area contributed by atoms with Gasteiger partial charge in [0.25, 0.3) is 0 Å². The largest absolute Gasteiger partial charge is 0.445 e. The zero-order valence-corrected chi connectivity index (χ0v) is 9.22. The molecule has 0 radical (unpaired) electrons. The SMILES string of the molecule is CCc1ncc(C(C)(C)C(C)C)o1. The third kappa shape index (κ3) is 1.93. The minimum absolute atomic E-state index is 0.0837. The first-order chi connectivity index (χ1) is 5.98. The molecular weight excluding hydrogens is 162 g/mol. The Balaban J connectivity index is 2.93. The van der Waals surface area contributed by atoms with Crippen LogP contribution in [0.5, 0.6) is 0 Å². The Morgan fingerprint density at radius 2 is 2.08 bits per heavy atom. The van der Waals surface area contributed by atoms with Gasteiger partial charge in [-0.25, -0.2) is 4.98 Å². The Morgan fingerprint density at radius 1 is 1.46 bits per heavy atom. The minimum Gasteiger partial charge on any atom is -0.445 e. The molecule has 1 aromatic rings. The van der Waals surface area contributed by atoms with Crippen molar-refractivity contribution in [2.75, 3.05) is 0 Å². The van der Waals surface area contributed by atoms with E-state index in [0.717, 1.165) is 18.1 Å². The molecule has 0 saturated heterocycles. The molecule has 0 aliphatic heterocycles. The van der Waals surface area contributed by atoms with Crippen LogP contribution in [-0.2, 0) is 11.8 Å². The van der Waals surface area contributed by atoms with E-state index in [1.165, 1.54) is 0 Å². The van der Waals surface area contributed by atoms with Crippen LogP contribution in [0.4, 0.5) is 0 Å². The van der Waals surface area contributed by atoms with Gasteiger partial charge in [-0.05, 0) is 5.92 Å². The average molecular weight is 181 g/mol. The second-order valence-electron chi connectivity index (χ2n) is 4.35. The maximum absolute atomic E-state index is 5.65. The quantitative estimate of drug-likeness (QED) is 0.715. The normalized spacial score (nSPS) is 12.5. The minimum atomic E-state index is 0.0837. The predicted octanol–water partition coefficient (Wildman–Crippen LogP) is 3.17. The van der Waals surface area contributed by atoms with Gasteiger partial charge in [0.2, 0.25) is 0 Å². The predicted molar refractivity (Wildman–Crippen MR) is 53.7 cm³/mol. The van der Waals surface area contributed by atoms with E-state index >= 15 is 0 Å². The Bertz CT molecular complexity index is 273. The van der Waals surface area contributed by atoms with Gasteiger partial charge in [-0.3, -0.25) is 0 Å². The summed E-state index contributed by atoms with van der Waals surface area (Å²) < 4.78 is 5.65. The summed E-state index contributed by atoms with van der Waals surface area (Å²) in [6.07, 6.45) is 2.73. The zero-order chi connectivity index (χ0) is 10.1. The maximum Gasteiger partial charge on any atom is 0.194 e. The smallest absolute Gasteiger partial charge is 0.194 e. The van der Waals surface area contributed by atoms with Crippen molar-refractivity contribution in [1.29, 1.82) is 0 Å². The molecule has 0 aliphatic carbocycles. The van der Waals surface area contributed by atoms with Gasteiger partial charge in [0.15, 0.2) is 5.89 Å². The number of oxazole rings is 1. The molecule has 2 nitrogen and oxygen atoms in total. The van der Waals surface area contributed by atoms with E-state index in [1.54, 1.807) is 0 Å². The third-order valence-electron chi connectivity index (χ3n) is 2.93. The maximum atomic E-state index is 5.65. The summed E-state index contributed by atoms with van der Waals surface area (Å²) in [7, 11) is 0. The first-order valence-corrected chi connectivity index (χ1v) is 4.93. The lowest BCUT2D eigenvalue weighted by atomic mass is 9.79. The van der Waals surface area contributed by atoms with Crippen LogP contribution in [0.2, 0.25) is 0 Å². The second kappa shape index (κ2) is 3.52. The van der Waals surface area contributed by atoms with Crippen molar-refractivity contribution in [3.8, 4) is 0 Å². The van der Waals surface area contributed by atoms with Crippen LogP contribution in [-0.4, -0.2) is 4.98 Å². The van der Waals surface area contributed by atoms with Gasteiger partial charge in [-0.2, -0.15) is 0 Å². The van der Waals surface area contributed by atoms with Crippen LogP contribution in [0.1, 0.15) is 46.3 Å². The van der Waals surface area contributed by atoms with E-state index in [1.807, 2.05) is 6.20 Å². The van der Waals surface area contributed by atoms with Crippen LogP contribution < -0.4 is 0 Å².